The van der Waals surface area contributed by atoms with Crippen LogP contribution in [0.25, 0.3) is 0 Å². The van der Waals surface area contributed by atoms with Gasteiger partial charge >= 0.3 is 0 Å². The molecule has 0 unspecified atom stereocenters. The maximum atomic E-state index is 10.1. The van der Waals surface area contributed by atoms with Crippen LogP contribution in [0.1, 0.15) is 22.9 Å². The summed E-state index contributed by atoms with van der Waals surface area (Å²) in [6.45, 7) is 0. The lowest BCUT2D eigenvalue weighted by Gasteiger charge is -2.17. The average Bonchev–Trinajstić information content (AvgIpc) is 2.80. The largest absolute Gasteiger partial charge is 0.393 e. The third-order valence-corrected chi connectivity index (χ3v) is 4.47. The Hall–Kier alpha value is -1.03. The normalized spacial score (nSPS) is 23.0. The van der Waals surface area contributed by atoms with Gasteiger partial charge in [-0.25, -0.2) is 0 Å². The van der Waals surface area contributed by atoms with Crippen LogP contribution in [0.15, 0.2) is 35.7 Å². The Morgan fingerprint density at radius 1 is 1.33 bits per heavy atom. The van der Waals surface area contributed by atoms with Crippen LogP contribution in [-0.2, 0) is 6.42 Å². The van der Waals surface area contributed by atoms with E-state index in [0.717, 1.165) is 22.7 Å². The van der Waals surface area contributed by atoms with Crippen molar-refractivity contribution in [1.29, 1.82) is 0 Å². The monoisotopic (exact) mass is 279 g/mol. The predicted molar refractivity (Wildman–Crippen MR) is 76.5 cm³/mol. The summed E-state index contributed by atoms with van der Waals surface area (Å²) >= 11 is 7.73. The molecule has 1 aromatic heterocycles. The van der Waals surface area contributed by atoms with Gasteiger partial charge in [0.15, 0.2) is 0 Å². The van der Waals surface area contributed by atoms with E-state index in [-0.39, 0.29) is 12.1 Å². The molecule has 2 atom stereocenters. The van der Waals surface area contributed by atoms with Crippen molar-refractivity contribution in [3.8, 4) is 0 Å². The number of hydrogen-bond acceptors (Lipinski definition) is 3. The van der Waals surface area contributed by atoms with Gasteiger partial charge in [0.05, 0.1) is 12.1 Å². The van der Waals surface area contributed by atoms with E-state index in [9.17, 15) is 5.11 Å². The van der Waals surface area contributed by atoms with E-state index < -0.39 is 0 Å². The van der Waals surface area contributed by atoms with Crippen molar-refractivity contribution in [3.05, 3.63) is 51.2 Å². The Kier molecular flexibility index (Phi) is 3.29. The molecular weight excluding hydrogens is 266 g/mol. The number of rotatable bonds is 1. The SMILES string of the molecule is O[C@@H]1Cc2cc(Cl)ccc2N[C@H](c2cccs2)C1. The summed E-state index contributed by atoms with van der Waals surface area (Å²) in [6, 6.07) is 10.1. The Morgan fingerprint density at radius 3 is 3.00 bits per heavy atom. The number of hydrogen-bond donors (Lipinski definition) is 2. The Morgan fingerprint density at radius 2 is 2.22 bits per heavy atom. The van der Waals surface area contributed by atoms with Crippen LogP contribution < -0.4 is 5.32 Å². The van der Waals surface area contributed by atoms with Crippen molar-refractivity contribution in [2.75, 3.05) is 5.32 Å². The first-order valence-electron chi connectivity index (χ1n) is 5.99. The molecule has 3 rings (SSSR count). The van der Waals surface area contributed by atoms with Crippen LogP contribution in [0, 0.1) is 0 Å². The zero-order chi connectivity index (χ0) is 12.5. The molecule has 1 aliphatic rings. The second kappa shape index (κ2) is 4.92. The summed E-state index contributed by atoms with van der Waals surface area (Å²) < 4.78 is 0. The highest BCUT2D eigenvalue weighted by Gasteiger charge is 2.23. The molecule has 18 heavy (non-hydrogen) atoms. The third kappa shape index (κ3) is 2.39. The van der Waals surface area contributed by atoms with Crippen molar-refractivity contribution < 1.29 is 5.11 Å². The maximum Gasteiger partial charge on any atom is 0.0631 e. The highest BCUT2D eigenvalue weighted by molar-refractivity contribution is 7.10. The number of fused-ring (bicyclic) bond motifs is 1. The highest BCUT2D eigenvalue weighted by Crippen LogP contribution is 2.34. The topological polar surface area (TPSA) is 32.3 Å². The molecule has 4 heteroatoms. The van der Waals surface area contributed by atoms with Gasteiger partial charge in [-0.15, -0.1) is 11.3 Å². The van der Waals surface area contributed by atoms with Gasteiger partial charge < -0.3 is 10.4 Å². The summed E-state index contributed by atoms with van der Waals surface area (Å²) in [6.07, 6.45) is 1.06. The molecule has 0 spiro atoms. The zero-order valence-corrected chi connectivity index (χ0v) is 11.3. The number of anilines is 1. The summed E-state index contributed by atoms with van der Waals surface area (Å²) in [5, 5.41) is 16.4. The molecule has 94 valence electrons. The van der Waals surface area contributed by atoms with E-state index in [4.69, 9.17) is 11.6 Å². The number of halogens is 1. The van der Waals surface area contributed by atoms with Crippen molar-refractivity contribution in [1.82, 2.24) is 0 Å². The minimum absolute atomic E-state index is 0.183. The standard InChI is InChI=1S/C14H14ClNOS/c15-10-3-4-12-9(6-10)7-11(17)8-13(16-12)14-2-1-5-18-14/h1-6,11,13,16-17H,7-8H2/t11-,13+/m1/s1. The van der Waals surface area contributed by atoms with Crippen LogP contribution in [-0.4, -0.2) is 11.2 Å². The second-order valence-corrected chi connectivity index (χ2v) is 6.02. The third-order valence-electron chi connectivity index (χ3n) is 3.25. The second-order valence-electron chi connectivity index (χ2n) is 4.61. The Balaban J connectivity index is 1.96. The van der Waals surface area contributed by atoms with Crippen LogP contribution in [0.3, 0.4) is 0 Å². The van der Waals surface area contributed by atoms with E-state index >= 15 is 0 Å². The fraction of sp³-hybridized carbons (Fsp3) is 0.286. The van der Waals surface area contributed by atoms with E-state index in [1.54, 1.807) is 11.3 Å². The van der Waals surface area contributed by atoms with Crippen LogP contribution in [0.5, 0.6) is 0 Å². The van der Waals surface area contributed by atoms with Crippen LogP contribution in [0.4, 0.5) is 5.69 Å². The molecule has 2 N–H and O–H groups in total. The van der Waals surface area contributed by atoms with E-state index in [0.29, 0.717) is 6.42 Å². The molecule has 1 aliphatic heterocycles. The van der Waals surface area contributed by atoms with Crippen molar-refractivity contribution in [2.45, 2.75) is 25.0 Å². The molecule has 1 aromatic carbocycles. The summed E-state index contributed by atoms with van der Waals surface area (Å²) in [7, 11) is 0. The minimum atomic E-state index is -0.329. The average molecular weight is 280 g/mol. The van der Waals surface area contributed by atoms with Crippen LogP contribution in [0.2, 0.25) is 5.02 Å². The first kappa shape index (κ1) is 12.0. The van der Waals surface area contributed by atoms with Crippen molar-refractivity contribution in [3.63, 3.8) is 0 Å². The van der Waals surface area contributed by atoms with Gasteiger partial charge in [-0.05, 0) is 41.6 Å². The first-order chi connectivity index (χ1) is 8.72. The van der Waals surface area contributed by atoms with Gasteiger partial charge in [-0.2, -0.15) is 0 Å². The fourth-order valence-electron chi connectivity index (χ4n) is 2.40. The number of aliphatic hydroxyl groups is 1. The molecule has 0 amide bonds. The molecule has 0 saturated heterocycles. The van der Waals surface area contributed by atoms with Gasteiger partial charge in [0.25, 0.3) is 0 Å². The first-order valence-corrected chi connectivity index (χ1v) is 7.24. The zero-order valence-electron chi connectivity index (χ0n) is 9.77. The van der Waals surface area contributed by atoms with Gasteiger partial charge in [-0.3, -0.25) is 0 Å². The van der Waals surface area contributed by atoms with Gasteiger partial charge in [0.2, 0.25) is 0 Å². The summed E-state index contributed by atoms with van der Waals surface area (Å²) in [5.41, 5.74) is 2.17. The number of nitrogens with one attached hydrogen (secondary N) is 1. The molecule has 2 heterocycles. The Labute approximate surface area is 115 Å². The molecule has 2 aromatic rings. The van der Waals surface area contributed by atoms with Crippen LogP contribution >= 0.6 is 22.9 Å². The molecule has 2 nitrogen and oxygen atoms in total. The lowest BCUT2D eigenvalue weighted by Crippen LogP contribution is -2.15. The van der Waals surface area contributed by atoms with Gasteiger partial charge in [-0.1, -0.05) is 17.7 Å². The van der Waals surface area contributed by atoms with Crippen molar-refractivity contribution >= 4 is 28.6 Å². The number of aliphatic hydroxyl groups excluding tert-OH is 1. The molecule has 0 aliphatic carbocycles. The molecular formula is C14H14ClNOS. The van der Waals surface area contributed by atoms with Crippen molar-refractivity contribution in [2.24, 2.45) is 0 Å². The lowest BCUT2D eigenvalue weighted by molar-refractivity contribution is 0.161. The smallest absolute Gasteiger partial charge is 0.0631 e. The van der Waals surface area contributed by atoms with E-state index in [2.05, 4.69) is 16.8 Å². The molecule has 0 radical (unpaired) electrons. The van der Waals surface area contributed by atoms with E-state index in [1.165, 1.54) is 4.88 Å². The van der Waals surface area contributed by atoms with Gasteiger partial charge in [0, 0.05) is 22.0 Å². The van der Waals surface area contributed by atoms with E-state index in [1.807, 2.05) is 24.3 Å². The molecule has 0 fully saturated rings. The summed E-state index contributed by atoms with van der Waals surface area (Å²) in [4.78, 5) is 1.26. The predicted octanol–water partition coefficient (Wildman–Crippen LogP) is 3.86. The minimum Gasteiger partial charge on any atom is -0.393 e. The molecule has 0 bridgehead atoms. The fourth-order valence-corrected chi connectivity index (χ4v) is 3.39. The maximum absolute atomic E-state index is 10.1. The lowest BCUT2D eigenvalue weighted by atomic mass is 10.0. The number of thiophene rings is 1. The quantitative estimate of drug-likeness (QED) is 0.831. The van der Waals surface area contributed by atoms with Gasteiger partial charge in [0.1, 0.15) is 0 Å². The summed E-state index contributed by atoms with van der Waals surface area (Å²) in [5.74, 6) is 0. The highest BCUT2D eigenvalue weighted by atomic mass is 35.5. The number of benzene rings is 1. The molecule has 0 saturated carbocycles. The Bertz CT molecular complexity index is 541.